The number of aryl methyl sites for hydroxylation is 2. The van der Waals surface area contributed by atoms with Gasteiger partial charge in [-0.05, 0) is 37.6 Å². The molecule has 0 N–H and O–H groups in total. The van der Waals surface area contributed by atoms with Crippen molar-refractivity contribution in [3.8, 4) is 0 Å². The zero-order valence-corrected chi connectivity index (χ0v) is 10.8. The molecular formula is C13H14ClNO2. The highest BCUT2D eigenvalue weighted by molar-refractivity contribution is 6.35. The van der Waals surface area contributed by atoms with E-state index in [4.69, 9.17) is 11.6 Å². The van der Waals surface area contributed by atoms with Crippen LogP contribution in [0.1, 0.15) is 11.3 Å². The monoisotopic (exact) mass is 251 g/mol. The van der Waals surface area contributed by atoms with Crippen LogP contribution in [0.3, 0.4) is 0 Å². The van der Waals surface area contributed by atoms with E-state index in [9.17, 15) is 4.79 Å². The van der Waals surface area contributed by atoms with Crippen LogP contribution in [0.15, 0.2) is 18.2 Å². The molecule has 0 aliphatic heterocycles. The van der Waals surface area contributed by atoms with Crippen LogP contribution in [0, 0.1) is 13.8 Å². The van der Waals surface area contributed by atoms with Gasteiger partial charge < -0.3 is 9.30 Å². The summed E-state index contributed by atoms with van der Waals surface area (Å²) >= 11 is 6.23. The van der Waals surface area contributed by atoms with Crippen LogP contribution in [0.2, 0.25) is 5.02 Å². The van der Waals surface area contributed by atoms with Gasteiger partial charge in [0.2, 0.25) is 0 Å². The summed E-state index contributed by atoms with van der Waals surface area (Å²) in [4.78, 5) is 11.4. The molecule has 1 heterocycles. The number of rotatable bonds is 2. The molecule has 0 bridgehead atoms. The minimum absolute atomic E-state index is 0.189. The summed E-state index contributed by atoms with van der Waals surface area (Å²) in [6.45, 7) is 4.14. The smallest absolute Gasteiger partial charge is 0.325 e. The third-order valence-corrected chi connectivity index (χ3v) is 3.10. The molecule has 17 heavy (non-hydrogen) atoms. The van der Waals surface area contributed by atoms with Gasteiger partial charge in [-0.1, -0.05) is 11.6 Å². The number of methoxy groups -OCH3 is 1. The van der Waals surface area contributed by atoms with E-state index in [2.05, 4.69) is 10.8 Å². The summed E-state index contributed by atoms with van der Waals surface area (Å²) in [5, 5.41) is 1.72. The number of hydrogen-bond acceptors (Lipinski definition) is 2. The molecule has 0 atom stereocenters. The predicted octanol–water partition coefficient (Wildman–Crippen LogP) is 3.08. The summed E-state index contributed by atoms with van der Waals surface area (Å²) in [6, 6.07) is 5.98. The summed E-state index contributed by atoms with van der Waals surface area (Å²) in [7, 11) is 1.38. The zero-order valence-electron chi connectivity index (χ0n) is 10.1. The lowest BCUT2D eigenvalue weighted by Crippen LogP contribution is -2.12. The van der Waals surface area contributed by atoms with Crippen molar-refractivity contribution in [3.05, 3.63) is 34.5 Å². The first-order valence-corrected chi connectivity index (χ1v) is 5.73. The maximum Gasteiger partial charge on any atom is 0.325 e. The molecule has 2 rings (SSSR count). The summed E-state index contributed by atoms with van der Waals surface area (Å²) < 4.78 is 6.57. The van der Waals surface area contributed by atoms with Crippen molar-refractivity contribution in [2.45, 2.75) is 20.4 Å². The third kappa shape index (κ3) is 2.15. The van der Waals surface area contributed by atoms with Gasteiger partial charge in [-0.25, -0.2) is 0 Å². The van der Waals surface area contributed by atoms with Crippen molar-refractivity contribution in [2.75, 3.05) is 7.11 Å². The number of ether oxygens (including phenoxy) is 1. The van der Waals surface area contributed by atoms with Crippen LogP contribution in [0.4, 0.5) is 0 Å². The highest BCUT2D eigenvalue weighted by atomic mass is 35.5. The average molecular weight is 252 g/mol. The predicted molar refractivity (Wildman–Crippen MR) is 68.4 cm³/mol. The van der Waals surface area contributed by atoms with Crippen LogP contribution < -0.4 is 0 Å². The molecule has 0 amide bonds. The van der Waals surface area contributed by atoms with Crippen LogP contribution in [-0.2, 0) is 16.1 Å². The Morgan fingerprint density at radius 3 is 2.71 bits per heavy atom. The number of fused-ring (bicyclic) bond motifs is 1. The Labute approximate surface area is 105 Å². The second-order valence-electron chi connectivity index (χ2n) is 4.13. The topological polar surface area (TPSA) is 31.2 Å². The highest BCUT2D eigenvalue weighted by Crippen LogP contribution is 2.28. The van der Waals surface area contributed by atoms with E-state index in [1.807, 2.05) is 30.5 Å². The minimum atomic E-state index is -0.276. The molecule has 4 heteroatoms. The van der Waals surface area contributed by atoms with Crippen LogP contribution in [0.25, 0.3) is 10.9 Å². The fourth-order valence-electron chi connectivity index (χ4n) is 2.03. The van der Waals surface area contributed by atoms with Crippen molar-refractivity contribution < 1.29 is 9.53 Å². The molecule has 0 saturated heterocycles. The van der Waals surface area contributed by atoms with Crippen LogP contribution in [-0.4, -0.2) is 17.6 Å². The number of carbonyl (C=O) groups is 1. The maximum absolute atomic E-state index is 11.4. The number of benzene rings is 1. The van der Waals surface area contributed by atoms with Gasteiger partial charge in [0.15, 0.2) is 0 Å². The number of nitrogens with zero attached hydrogens (tertiary/aromatic N) is 1. The quantitative estimate of drug-likeness (QED) is 0.768. The van der Waals surface area contributed by atoms with Gasteiger partial charge in [-0.2, -0.15) is 0 Å². The number of aromatic nitrogens is 1. The lowest BCUT2D eigenvalue weighted by Gasteiger charge is -2.08. The van der Waals surface area contributed by atoms with E-state index in [1.54, 1.807) is 0 Å². The SMILES string of the molecule is COC(=O)Cn1c(C)cc2cc(C)cc(Cl)c21. The van der Waals surface area contributed by atoms with E-state index >= 15 is 0 Å². The Balaban J connectivity index is 2.62. The Hall–Kier alpha value is -1.48. The standard InChI is InChI=1S/C13H14ClNO2/c1-8-4-10-6-9(2)15(7-12(16)17-3)13(10)11(14)5-8/h4-6H,7H2,1-3H3. The minimum Gasteiger partial charge on any atom is -0.468 e. The van der Waals surface area contributed by atoms with Crippen molar-refractivity contribution >= 4 is 28.5 Å². The second kappa shape index (κ2) is 4.41. The Bertz CT molecular complexity index is 587. The summed E-state index contributed by atoms with van der Waals surface area (Å²) in [6.07, 6.45) is 0. The second-order valence-corrected chi connectivity index (χ2v) is 4.54. The number of hydrogen-bond donors (Lipinski definition) is 0. The largest absolute Gasteiger partial charge is 0.468 e. The molecule has 0 unspecified atom stereocenters. The molecule has 0 saturated carbocycles. The summed E-state index contributed by atoms with van der Waals surface area (Å²) in [5.41, 5.74) is 3.00. The molecule has 90 valence electrons. The van der Waals surface area contributed by atoms with Crippen molar-refractivity contribution in [2.24, 2.45) is 0 Å². The average Bonchev–Trinajstić information content (AvgIpc) is 2.55. The van der Waals surface area contributed by atoms with Gasteiger partial charge in [-0.3, -0.25) is 4.79 Å². The normalized spacial score (nSPS) is 10.8. The lowest BCUT2D eigenvalue weighted by molar-refractivity contribution is -0.141. The van der Waals surface area contributed by atoms with Crippen LogP contribution >= 0.6 is 11.6 Å². The number of halogens is 1. The molecular weight excluding hydrogens is 238 g/mol. The highest BCUT2D eigenvalue weighted by Gasteiger charge is 2.12. The first kappa shape index (κ1) is 12.0. The molecule has 0 spiro atoms. The number of carbonyl (C=O) groups excluding carboxylic acids is 1. The number of esters is 1. The fourth-order valence-corrected chi connectivity index (χ4v) is 2.42. The van der Waals surface area contributed by atoms with E-state index in [-0.39, 0.29) is 12.5 Å². The van der Waals surface area contributed by atoms with E-state index in [0.717, 1.165) is 22.2 Å². The first-order chi connectivity index (χ1) is 8.02. The van der Waals surface area contributed by atoms with Crippen molar-refractivity contribution in [1.82, 2.24) is 4.57 Å². The van der Waals surface area contributed by atoms with Gasteiger partial charge in [-0.15, -0.1) is 0 Å². The molecule has 0 radical (unpaired) electrons. The molecule has 1 aromatic heterocycles. The van der Waals surface area contributed by atoms with Gasteiger partial charge in [0.05, 0.1) is 17.6 Å². The van der Waals surface area contributed by atoms with E-state index in [0.29, 0.717) is 5.02 Å². The van der Waals surface area contributed by atoms with Gasteiger partial charge in [0.1, 0.15) is 6.54 Å². The van der Waals surface area contributed by atoms with Crippen molar-refractivity contribution in [1.29, 1.82) is 0 Å². The lowest BCUT2D eigenvalue weighted by atomic mass is 10.2. The fraction of sp³-hybridized carbons (Fsp3) is 0.308. The molecule has 0 aliphatic carbocycles. The van der Waals surface area contributed by atoms with Crippen molar-refractivity contribution in [3.63, 3.8) is 0 Å². The Kier molecular flexibility index (Phi) is 3.11. The van der Waals surface area contributed by atoms with E-state index < -0.39 is 0 Å². The molecule has 2 aromatic rings. The molecule has 0 aliphatic rings. The third-order valence-electron chi connectivity index (χ3n) is 2.81. The Morgan fingerprint density at radius 1 is 1.35 bits per heavy atom. The first-order valence-electron chi connectivity index (χ1n) is 5.35. The zero-order chi connectivity index (χ0) is 12.6. The van der Waals surface area contributed by atoms with Crippen LogP contribution in [0.5, 0.6) is 0 Å². The molecule has 1 aromatic carbocycles. The van der Waals surface area contributed by atoms with Gasteiger partial charge in [0, 0.05) is 11.1 Å². The van der Waals surface area contributed by atoms with Gasteiger partial charge in [0.25, 0.3) is 0 Å². The van der Waals surface area contributed by atoms with E-state index in [1.165, 1.54) is 7.11 Å². The molecule has 3 nitrogen and oxygen atoms in total. The van der Waals surface area contributed by atoms with Gasteiger partial charge >= 0.3 is 5.97 Å². The summed E-state index contributed by atoms with van der Waals surface area (Å²) in [5.74, 6) is -0.276. The Morgan fingerprint density at radius 2 is 2.06 bits per heavy atom. The molecule has 0 fully saturated rings. The maximum atomic E-state index is 11.4.